The van der Waals surface area contributed by atoms with E-state index in [9.17, 15) is 9.59 Å². The van der Waals surface area contributed by atoms with Crippen molar-refractivity contribution in [2.45, 2.75) is 51.5 Å². The molecule has 2 heterocycles. The maximum atomic E-state index is 12.8. The summed E-state index contributed by atoms with van der Waals surface area (Å²) in [5.41, 5.74) is 2.48. The quantitative estimate of drug-likeness (QED) is 0.908. The van der Waals surface area contributed by atoms with Crippen LogP contribution in [-0.4, -0.2) is 29.3 Å². The van der Waals surface area contributed by atoms with Gasteiger partial charge in [0.1, 0.15) is 0 Å². The van der Waals surface area contributed by atoms with Crippen LogP contribution in [0.25, 0.3) is 0 Å². The smallest absolute Gasteiger partial charge is 0.254 e. The first-order valence-corrected chi connectivity index (χ1v) is 7.93. The molecule has 4 nitrogen and oxygen atoms in total. The Balaban J connectivity index is 1.84. The minimum Gasteiger partial charge on any atom is -0.336 e. The molecule has 0 spiro atoms. The topological polar surface area (TPSA) is 49.4 Å². The monoisotopic (exact) mass is 286 g/mol. The number of fused-ring (bicyclic) bond motifs is 1. The Morgan fingerprint density at radius 2 is 2.19 bits per heavy atom. The number of nitrogens with one attached hydrogen (secondary N) is 1. The van der Waals surface area contributed by atoms with Crippen molar-refractivity contribution in [1.29, 1.82) is 0 Å². The van der Waals surface area contributed by atoms with Crippen LogP contribution in [0, 0.1) is 0 Å². The van der Waals surface area contributed by atoms with Gasteiger partial charge in [0.25, 0.3) is 5.91 Å². The van der Waals surface area contributed by atoms with Gasteiger partial charge in [-0.25, -0.2) is 0 Å². The van der Waals surface area contributed by atoms with Crippen LogP contribution in [0.3, 0.4) is 0 Å². The lowest BCUT2D eigenvalue weighted by atomic mass is 10.0. The molecule has 1 aromatic carbocycles. The Morgan fingerprint density at radius 1 is 1.33 bits per heavy atom. The number of carbonyl (C=O) groups excluding carboxylic acids is 2. The van der Waals surface area contributed by atoms with Gasteiger partial charge in [-0.15, -0.1) is 0 Å². The molecule has 21 heavy (non-hydrogen) atoms. The van der Waals surface area contributed by atoms with Gasteiger partial charge in [0.2, 0.25) is 5.91 Å². The molecule has 2 amide bonds. The van der Waals surface area contributed by atoms with E-state index in [1.54, 1.807) is 0 Å². The highest BCUT2D eigenvalue weighted by Gasteiger charge is 2.26. The van der Waals surface area contributed by atoms with Crippen LogP contribution < -0.4 is 5.32 Å². The molecule has 2 aliphatic heterocycles. The standard InChI is InChI=1S/C17H22N2O2/c1-2-14-6-4-3-5-9-19(14)17(21)13-8-7-12-11-16(20)18-15(12)10-13/h7-8,10,14H,2-6,9,11H2,1H3,(H,18,20). The highest BCUT2D eigenvalue weighted by Crippen LogP contribution is 2.26. The fourth-order valence-corrected chi connectivity index (χ4v) is 3.38. The van der Waals surface area contributed by atoms with Crippen LogP contribution in [-0.2, 0) is 11.2 Å². The fraction of sp³-hybridized carbons (Fsp3) is 0.529. The molecule has 3 rings (SSSR count). The molecule has 1 fully saturated rings. The summed E-state index contributed by atoms with van der Waals surface area (Å²) in [6, 6.07) is 5.95. The summed E-state index contributed by atoms with van der Waals surface area (Å²) in [6.45, 7) is 3.00. The van der Waals surface area contributed by atoms with Crippen LogP contribution in [0.4, 0.5) is 5.69 Å². The molecule has 1 aromatic rings. The van der Waals surface area contributed by atoms with E-state index in [4.69, 9.17) is 0 Å². The van der Waals surface area contributed by atoms with E-state index < -0.39 is 0 Å². The molecule has 112 valence electrons. The molecular formula is C17H22N2O2. The second kappa shape index (κ2) is 5.88. The largest absolute Gasteiger partial charge is 0.336 e. The summed E-state index contributed by atoms with van der Waals surface area (Å²) in [6.07, 6.45) is 6.04. The number of likely N-dealkylation sites (tertiary alicyclic amines) is 1. The predicted octanol–water partition coefficient (Wildman–Crippen LogP) is 2.98. The third-order valence-corrected chi connectivity index (χ3v) is 4.59. The summed E-state index contributed by atoms with van der Waals surface area (Å²) in [7, 11) is 0. The Hall–Kier alpha value is -1.84. The van der Waals surface area contributed by atoms with Gasteiger partial charge in [0.15, 0.2) is 0 Å². The molecular weight excluding hydrogens is 264 g/mol. The molecule has 0 aliphatic carbocycles. The van der Waals surface area contributed by atoms with Gasteiger partial charge in [-0.3, -0.25) is 9.59 Å². The third kappa shape index (κ3) is 2.80. The summed E-state index contributed by atoms with van der Waals surface area (Å²) in [4.78, 5) is 26.3. The maximum Gasteiger partial charge on any atom is 0.254 e. The molecule has 1 unspecified atom stereocenters. The molecule has 0 bridgehead atoms. The Labute approximate surface area is 125 Å². The van der Waals surface area contributed by atoms with Crippen molar-refractivity contribution in [2.24, 2.45) is 0 Å². The van der Waals surface area contributed by atoms with Gasteiger partial charge in [-0.1, -0.05) is 25.8 Å². The first-order chi connectivity index (χ1) is 10.2. The SMILES string of the molecule is CCC1CCCCCN1C(=O)c1ccc2c(c1)NC(=O)C2. The van der Waals surface area contributed by atoms with E-state index in [2.05, 4.69) is 12.2 Å². The first-order valence-electron chi connectivity index (χ1n) is 7.93. The second-order valence-electron chi connectivity index (χ2n) is 6.01. The Morgan fingerprint density at radius 3 is 3.00 bits per heavy atom. The van der Waals surface area contributed by atoms with E-state index in [0.717, 1.165) is 37.1 Å². The molecule has 4 heteroatoms. The summed E-state index contributed by atoms with van der Waals surface area (Å²) in [5.74, 6) is 0.114. The van der Waals surface area contributed by atoms with Crippen LogP contribution in [0.5, 0.6) is 0 Å². The van der Waals surface area contributed by atoms with Crippen molar-refractivity contribution < 1.29 is 9.59 Å². The van der Waals surface area contributed by atoms with Gasteiger partial charge in [-0.2, -0.15) is 0 Å². The van der Waals surface area contributed by atoms with E-state index in [1.807, 2.05) is 23.1 Å². The molecule has 0 aromatic heterocycles. The highest BCUT2D eigenvalue weighted by atomic mass is 16.2. The van der Waals surface area contributed by atoms with Crippen molar-refractivity contribution in [3.8, 4) is 0 Å². The lowest BCUT2D eigenvalue weighted by Crippen LogP contribution is -2.39. The number of hydrogen-bond donors (Lipinski definition) is 1. The van der Waals surface area contributed by atoms with E-state index in [0.29, 0.717) is 18.0 Å². The molecule has 1 saturated heterocycles. The zero-order chi connectivity index (χ0) is 14.8. The zero-order valence-electron chi connectivity index (χ0n) is 12.5. The lowest BCUT2D eigenvalue weighted by Gasteiger charge is -2.29. The molecule has 1 atom stereocenters. The van der Waals surface area contributed by atoms with Crippen molar-refractivity contribution in [3.63, 3.8) is 0 Å². The van der Waals surface area contributed by atoms with Gasteiger partial charge in [0.05, 0.1) is 6.42 Å². The minimum atomic E-state index is 0.0100. The number of nitrogens with zero attached hydrogens (tertiary/aromatic N) is 1. The number of anilines is 1. The van der Waals surface area contributed by atoms with Gasteiger partial charge in [0, 0.05) is 23.8 Å². The summed E-state index contributed by atoms with van der Waals surface area (Å²) >= 11 is 0. The number of carbonyl (C=O) groups is 2. The summed E-state index contributed by atoms with van der Waals surface area (Å²) in [5, 5.41) is 2.82. The van der Waals surface area contributed by atoms with E-state index in [-0.39, 0.29) is 11.8 Å². The van der Waals surface area contributed by atoms with Crippen LogP contribution in [0.1, 0.15) is 54.9 Å². The molecule has 0 radical (unpaired) electrons. The number of benzene rings is 1. The average molecular weight is 286 g/mol. The number of rotatable bonds is 2. The van der Waals surface area contributed by atoms with Gasteiger partial charge in [-0.05, 0) is 37.0 Å². The third-order valence-electron chi connectivity index (χ3n) is 4.59. The summed E-state index contributed by atoms with van der Waals surface area (Å²) < 4.78 is 0. The number of amides is 2. The van der Waals surface area contributed by atoms with Crippen molar-refractivity contribution in [2.75, 3.05) is 11.9 Å². The fourth-order valence-electron chi connectivity index (χ4n) is 3.38. The normalized spacial score (nSPS) is 21.7. The Bertz CT molecular complexity index is 568. The van der Waals surface area contributed by atoms with E-state index >= 15 is 0 Å². The van der Waals surface area contributed by atoms with Crippen molar-refractivity contribution in [3.05, 3.63) is 29.3 Å². The van der Waals surface area contributed by atoms with Crippen LogP contribution in [0.2, 0.25) is 0 Å². The molecule has 0 saturated carbocycles. The highest BCUT2D eigenvalue weighted by molar-refractivity contribution is 6.02. The first kappa shape index (κ1) is 14.1. The maximum absolute atomic E-state index is 12.8. The van der Waals surface area contributed by atoms with Crippen molar-refractivity contribution >= 4 is 17.5 Å². The second-order valence-corrected chi connectivity index (χ2v) is 6.01. The minimum absolute atomic E-state index is 0.0100. The number of hydrogen-bond acceptors (Lipinski definition) is 2. The zero-order valence-corrected chi connectivity index (χ0v) is 12.5. The lowest BCUT2D eigenvalue weighted by molar-refractivity contribution is -0.115. The van der Waals surface area contributed by atoms with Crippen LogP contribution in [0.15, 0.2) is 18.2 Å². The van der Waals surface area contributed by atoms with Crippen molar-refractivity contribution in [1.82, 2.24) is 4.90 Å². The van der Waals surface area contributed by atoms with E-state index in [1.165, 1.54) is 12.8 Å². The van der Waals surface area contributed by atoms with Gasteiger partial charge < -0.3 is 10.2 Å². The van der Waals surface area contributed by atoms with Gasteiger partial charge >= 0.3 is 0 Å². The average Bonchev–Trinajstić information content (AvgIpc) is 2.71. The molecule has 2 aliphatic rings. The van der Waals surface area contributed by atoms with Crippen LogP contribution >= 0.6 is 0 Å². The molecule has 1 N–H and O–H groups in total. The Kier molecular flexibility index (Phi) is 3.95. The predicted molar refractivity (Wildman–Crippen MR) is 82.4 cm³/mol.